The first-order valence-corrected chi connectivity index (χ1v) is 3.86. The van der Waals surface area contributed by atoms with Crippen LogP contribution in [0.2, 0.25) is 0 Å². The molecule has 11 heavy (non-hydrogen) atoms. The van der Waals surface area contributed by atoms with Gasteiger partial charge in [-0.3, -0.25) is 9.35 Å². The van der Waals surface area contributed by atoms with Crippen molar-refractivity contribution in [1.82, 2.24) is 4.72 Å². The summed E-state index contributed by atoms with van der Waals surface area (Å²) >= 11 is -2.01. The number of carbonyl (C=O) groups excluding carboxylic acids is 1. The minimum atomic E-state index is -2.01. The van der Waals surface area contributed by atoms with Gasteiger partial charge in [0.15, 0.2) is 0 Å². The van der Waals surface area contributed by atoms with E-state index < -0.39 is 17.2 Å². The summed E-state index contributed by atoms with van der Waals surface area (Å²) in [4.78, 5) is 10.0. The molecule has 0 radical (unpaired) electrons. The average Bonchev–Trinajstić information content (AvgIpc) is 1.85. The predicted molar refractivity (Wildman–Crippen MR) is 40.4 cm³/mol. The molecule has 0 bridgehead atoms. The van der Waals surface area contributed by atoms with Gasteiger partial charge in [0, 0.05) is 13.0 Å². The van der Waals surface area contributed by atoms with E-state index in [1.165, 1.54) is 0 Å². The number of nitrogens with one attached hydrogen (secondary N) is 1. The van der Waals surface area contributed by atoms with Crippen LogP contribution in [0.25, 0.3) is 0 Å². The number of carbonyl (C=O) groups is 1. The van der Waals surface area contributed by atoms with Crippen LogP contribution in [0.1, 0.15) is 6.42 Å². The summed E-state index contributed by atoms with van der Waals surface area (Å²) in [6.45, 7) is 0.253. The Labute approximate surface area is 66.8 Å². The molecule has 1 unspecified atom stereocenters. The summed E-state index contributed by atoms with van der Waals surface area (Å²) in [5.41, 5.74) is 4.69. The van der Waals surface area contributed by atoms with Crippen molar-refractivity contribution < 1.29 is 13.6 Å². The molecule has 0 heterocycles. The van der Waals surface area contributed by atoms with Gasteiger partial charge in [0.05, 0.1) is 0 Å². The third-order valence-corrected chi connectivity index (χ3v) is 1.14. The van der Waals surface area contributed by atoms with E-state index in [1.807, 2.05) is 0 Å². The molecule has 5 nitrogen and oxygen atoms in total. The van der Waals surface area contributed by atoms with Crippen LogP contribution >= 0.6 is 0 Å². The van der Waals surface area contributed by atoms with Crippen LogP contribution in [-0.4, -0.2) is 21.2 Å². The summed E-state index contributed by atoms with van der Waals surface area (Å²) in [5, 5.41) is 0. The van der Waals surface area contributed by atoms with Crippen molar-refractivity contribution in [2.75, 3.05) is 6.54 Å². The van der Waals surface area contributed by atoms with Crippen molar-refractivity contribution in [3.63, 3.8) is 0 Å². The van der Waals surface area contributed by atoms with Gasteiger partial charge in [-0.25, -0.2) is 8.93 Å². The molecule has 0 rings (SSSR count). The normalized spacial score (nSPS) is 11.4. The lowest BCUT2D eigenvalue weighted by Crippen LogP contribution is -2.16. The molecule has 1 amide bonds. The fourth-order valence-electron chi connectivity index (χ4n) is 0.350. The highest BCUT2D eigenvalue weighted by atomic mass is 32.2. The van der Waals surface area contributed by atoms with E-state index in [0.717, 1.165) is 0 Å². The van der Waals surface area contributed by atoms with Gasteiger partial charge in [-0.2, -0.15) is 0 Å². The van der Waals surface area contributed by atoms with E-state index in [-0.39, 0.29) is 6.54 Å². The van der Waals surface area contributed by atoms with Crippen molar-refractivity contribution in [3.8, 4) is 11.8 Å². The number of amides is 1. The second-order valence-electron chi connectivity index (χ2n) is 1.56. The molecule has 0 aliphatic rings. The largest absolute Gasteiger partial charge is 0.359 e. The Kier molecular flexibility index (Phi) is 5.37. The molecule has 6 heteroatoms. The van der Waals surface area contributed by atoms with Gasteiger partial charge in [0.1, 0.15) is 0 Å². The van der Waals surface area contributed by atoms with Gasteiger partial charge in [-0.05, 0) is 5.92 Å². The maximum atomic E-state index is 10.0. The zero-order valence-electron chi connectivity index (χ0n) is 5.66. The lowest BCUT2D eigenvalue weighted by Gasteiger charge is -1.91. The Balaban J connectivity index is 3.37. The minimum Gasteiger partial charge on any atom is -0.359 e. The van der Waals surface area contributed by atoms with Gasteiger partial charge in [0.2, 0.25) is 11.3 Å². The van der Waals surface area contributed by atoms with Gasteiger partial charge in [-0.1, -0.05) is 5.92 Å². The summed E-state index contributed by atoms with van der Waals surface area (Å²) in [6.07, 6.45) is 0.315. The molecule has 0 saturated carbocycles. The highest BCUT2D eigenvalue weighted by Crippen LogP contribution is 1.72. The second-order valence-corrected chi connectivity index (χ2v) is 2.35. The molecule has 62 valence electrons. The van der Waals surface area contributed by atoms with Gasteiger partial charge in [-0.15, -0.1) is 0 Å². The third kappa shape index (κ3) is 9.10. The number of primary amides is 1. The summed E-state index contributed by atoms with van der Waals surface area (Å²) in [7, 11) is 0. The molecule has 0 spiro atoms. The molecule has 0 aliphatic carbocycles. The Bertz CT molecular complexity index is 218. The van der Waals surface area contributed by atoms with Crippen LogP contribution in [-0.2, 0) is 16.1 Å². The first-order chi connectivity index (χ1) is 5.13. The van der Waals surface area contributed by atoms with Crippen LogP contribution in [0.5, 0.6) is 0 Å². The van der Waals surface area contributed by atoms with Gasteiger partial charge in [0.25, 0.3) is 5.91 Å². The quantitative estimate of drug-likeness (QED) is 0.280. The van der Waals surface area contributed by atoms with Crippen molar-refractivity contribution in [1.29, 1.82) is 0 Å². The fourth-order valence-corrected chi connectivity index (χ4v) is 0.627. The standard InChI is InChI=1S/C5H8N2O3S/c6-5(8)3-1-2-4-7-11(9)10/h7H,2,4H2,(H2,6,8)(H,9,10). The Morgan fingerprint density at radius 1 is 1.73 bits per heavy atom. The van der Waals surface area contributed by atoms with E-state index in [9.17, 15) is 9.00 Å². The van der Waals surface area contributed by atoms with Gasteiger partial charge >= 0.3 is 0 Å². The number of hydrogen-bond donors (Lipinski definition) is 3. The van der Waals surface area contributed by atoms with Crippen molar-refractivity contribution in [2.24, 2.45) is 5.73 Å². The number of rotatable bonds is 3. The molecule has 0 aliphatic heterocycles. The Morgan fingerprint density at radius 3 is 2.82 bits per heavy atom. The fraction of sp³-hybridized carbons (Fsp3) is 0.400. The molecule has 4 N–H and O–H groups in total. The zero-order chi connectivity index (χ0) is 8.69. The van der Waals surface area contributed by atoms with Crippen molar-refractivity contribution >= 4 is 17.2 Å². The van der Waals surface area contributed by atoms with E-state index in [2.05, 4.69) is 16.6 Å². The third-order valence-electron chi connectivity index (χ3n) is 0.687. The SMILES string of the molecule is NC(=O)C#CCCNS(=O)O. The highest BCUT2D eigenvalue weighted by Gasteiger charge is 1.87. The Hall–Kier alpha value is -0.900. The van der Waals surface area contributed by atoms with E-state index in [4.69, 9.17) is 10.3 Å². The van der Waals surface area contributed by atoms with Crippen LogP contribution in [0, 0.1) is 11.8 Å². The first kappa shape index (κ1) is 10.1. The molecule has 0 fully saturated rings. The average molecular weight is 176 g/mol. The zero-order valence-corrected chi connectivity index (χ0v) is 6.48. The maximum Gasteiger partial charge on any atom is 0.293 e. The smallest absolute Gasteiger partial charge is 0.293 e. The first-order valence-electron chi connectivity index (χ1n) is 2.75. The molecule has 0 saturated heterocycles. The molecule has 0 aromatic heterocycles. The summed E-state index contributed by atoms with van der Waals surface area (Å²) < 4.78 is 20.3. The molecular formula is C5H8N2O3S. The topological polar surface area (TPSA) is 92.4 Å². The minimum absolute atomic E-state index is 0.253. The number of nitrogens with two attached hydrogens (primary N) is 1. The maximum absolute atomic E-state index is 10.0. The van der Waals surface area contributed by atoms with Crippen molar-refractivity contribution in [3.05, 3.63) is 0 Å². The van der Waals surface area contributed by atoms with Crippen LogP contribution in [0.4, 0.5) is 0 Å². The predicted octanol–water partition coefficient (Wildman–Crippen LogP) is -1.41. The lowest BCUT2D eigenvalue weighted by atomic mass is 10.4. The van der Waals surface area contributed by atoms with Crippen molar-refractivity contribution in [2.45, 2.75) is 6.42 Å². The van der Waals surface area contributed by atoms with E-state index in [1.54, 1.807) is 0 Å². The monoisotopic (exact) mass is 176 g/mol. The molecule has 0 aromatic carbocycles. The Morgan fingerprint density at radius 2 is 2.36 bits per heavy atom. The van der Waals surface area contributed by atoms with E-state index >= 15 is 0 Å². The molecule has 1 atom stereocenters. The van der Waals surface area contributed by atoms with Gasteiger partial charge < -0.3 is 5.73 Å². The van der Waals surface area contributed by atoms with Crippen LogP contribution < -0.4 is 10.5 Å². The van der Waals surface area contributed by atoms with E-state index in [0.29, 0.717) is 6.42 Å². The second kappa shape index (κ2) is 5.85. The van der Waals surface area contributed by atoms with Crippen LogP contribution in [0.15, 0.2) is 0 Å². The summed E-state index contributed by atoms with van der Waals surface area (Å²) in [5.74, 6) is 3.80. The summed E-state index contributed by atoms with van der Waals surface area (Å²) in [6, 6.07) is 0. The van der Waals surface area contributed by atoms with Crippen LogP contribution in [0.3, 0.4) is 0 Å². The molecular weight excluding hydrogens is 168 g/mol. The number of hydrogen-bond acceptors (Lipinski definition) is 2. The highest BCUT2D eigenvalue weighted by molar-refractivity contribution is 7.77. The lowest BCUT2D eigenvalue weighted by molar-refractivity contribution is -0.112. The molecule has 0 aromatic rings.